The predicted molar refractivity (Wildman–Crippen MR) is 94.1 cm³/mol. The van der Waals surface area contributed by atoms with Crippen molar-refractivity contribution in [2.24, 2.45) is 0 Å². The number of fused-ring (bicyclic) bond motifs is 3. The summed E-state index contributed by atoms with van der Waals surface area (Å²) in [5, 5.41) is 2.81. The standard InChI is InChI=1S/C14H10I2S/c1-2-9-12(16)6-5-11-10-4-3-8(15)7-13(10)17-14(9)11/h3-7H,2H2,1H3. The van der Waals surface area contributed by atoms with Crippen LogP contribution in [-0.2, 0) is 6.42 Å². The zero-order chi connectivity index (χ0) is 12.0. The monoisotopic (exact) mass is 464 g/mol. The molecule has 0 saturated heterocycles. The molecule has 0 radical (unpaired) electrons. The molecule has 3 heteroatoms. The van der Waals surface area contributed by atoms with Gasteiger partial charge in [0.2, 0.25) is 0 Å². The number of hydrogen-bond donors (Lipinski definition) is 0. The summed E-state index contributed by atoms with van der Waals surface area (Å²) in [4.78, 5) is 0. The van der Waals surface area contributed by atoms with Crippen LogP contribution in [0.2, 0.25) is 0 Å². The van der Waals surface area contributed by atoms with E-state index in [1.54, 1.807) is 0 Å². The molecule has 0 spiro atoms. The molecule has 0 atom stereocenters. The highest BCUT2D eigenvalue weighted by atomic mass is 127. The van der Waals surface area contributed by atoms with Gasteiger partial charge in [-0.25, -0.2) is 0 Å². The highest BCUT2D eigenvalue weighted by Crippen LogP contribution is 2.38. The molecule has 3 aromatic rings. The molecular formula is C14H10I2S. The second-order valence-electron chi connectivity index (χ2n) is 4.00. The van der Waals surface area contributed by atoms with E-state index in [4.69, 9.17) is 0 Å². The maximum atomic E-state index is 2.45. The highest BCUT2D eigenvalue weighted by molar-refractivity contribution is 14.1. The zero-order valence-corrected chi connectivity index (χ0v) is 14.4. The summed E-state index contributed by atoms with van der Waals surface area (Å²) in [5.41, 5.74) is 1.50. The summed E-state index contributed by atoms with van der Waals surface area (Å²) in [7, 11) is 0. The number of hydrogen-bond acceptors (Lipinski definition) is 1. The van der Waals surface area contributed by atoms with Crippen LogP contribution < -0.4 is 0 Å². The molecule has 0 aliphatic heterocycles. The van der Waals surface area contributed by atoms with Crippen LogP contribution in [-0.4, -0.2) is 0 Å². The van der Waals surface area contributed by atoms with Crippen LogP contribution in [0.3, 0.4) is 0 Å². The molecule has 0 aliphatic carbocycles. The number of thiophene rings is 1. The molecule has 0 amide bonds. The van der Waals surface area contributed by atoms with Crippen molar-refractivity contribution >= 4 is 76.7 Å². The normalized spacial score (nSPS) is 11.5. The van der Waals surface area contributed by atoms with E-state index < -0.39 is 0 Å². The van der Waals surface area contributed by atoms with Crippen LogP contribution in [0.5, 0.6) is 0 Å². The first-order valence-corrected chi connectivity index (χ1v) is 8.47. The van der Waals surface area contributed by atoms with Gasteiger partial charge in [-0.3, -0.25) is 0 Å². The van der Waals surface area contributed by atoms with Gasteiger partial charge in [-0.2, -0.15) is 0 Å². The summed E-state index contributed by atoms with van der Waals surface area (Å²) >= 11 is 6.76. The molecule has 0 bridgehead atoms. The fourth-order valence-corrected chi connectivity index (χ4v) is 5.25. The second kappa shape index (κ2) is 4.66. The van der Waals surface area contributed by atoms with Gasteiger partial charge < -0.3 is 0 Å². The number of rotatable bonds is 1. The lowest BCUT2D eigenvalue weighted by molar-refractivity contribution is 1.15. The highest BCUT2D eigenvalue weighted by Gasteiger charge is 2.10. The summed E-state index contributed by atoms with van der Waals surface area (Å²) < 4.78 is 5.58. The summed E-state index contributed by atoms with van der Waals surface area (Å²) in [6.45, 7) is 2.24. The zero-order valence-electron chi connectivity index (χ0n) is 9.26. The van der Waals surface area contributed by atoms with Crippen molar-refractivity contribution in [3.8, 4) is 0 Å². The van der Waals surface area contributed by atoms with Crippen LogP contribution in [0.1, 0.15) is 12.5 Å². The van der Waals surface area contributed by atoms with Gasteiger partial charge in [-0.15, -0.1) is 11.3 Å². The maximum Gasteiger partial charge on any atom is 0.0397 e. The molecule has 1 heterocycles. The molecule has 1 aromatic heterocycles. The molecule has 17 heavy (non-hydrogen) atoms. The third kappa shape index (κ3) is 2.00. The minimum absolute atomic E-state index is 1.11. The summed E-state index contributed by atoms with van der Waals surface area (Å²) in [6, 6.07) is 11.2. The van der Waals surface area contributed by atoms with Crippen molar-refractivity contribution in [3.63, 3.8) is 0 Å². The van der Waals surface area contributed by atoms with Crippen molar-refractivity contribution < 1.29 is 0 Å². The lowest BCUT2D eigenvalue weighted by Gasteiger charge is -2.02. The molecule has 0 saturated carbocycles. The molecule has 0 fully saturated rings. The first-order valence-electron chi connectivity index (χ1n) is 5.50. The van der Waals surface area contributed by atoms with Gasteiger partial charge in [-0.1, -0.05) is 19.1 Å². The van der Waals surface area contributed by atoms with E-state index in [1.807, 2.05) is 11.3 Å². The van der Waals surface area contributed by atoms with Gasteiger partial charge >= 0.3 is 0 Å². The molecule has 0 N–H and O–H groups in total. The van der Waals surface area contributed by atoms with E-state index in [9.17, 15) is 0 Å². The van der Waals surface area contributed by atoms with Gasteiger partial charge in [0.15, 0.2) is 0 Å². The van der Waals surface area contributed by atoms with Gasteiger partial charge in [0, 0.05) is 27.3 Å². The summed E-state index contributed by atoms with van der Waals surface area (Å²) in [6.07, 6.45) is 1.11. The van der Waals surface area contributed by atoms with Crippen molar-refractivity contribution in [1.29, 1.82) is 0 Å². The van der Waals surface area contributed by atoms with E-state index >= 15 is 0 Å². The van der Waals surface area contributed by atoms with Crippen molar-refractivity contribution in [1.82, 2.24) is 0 Å². The van der Waals surface area contributed by atoms with Gasteiger partial charge in [-0.05, 0) is 75.4 Å². The fourth-order valence-electron chi connectivity index (χ4n) is 2.17. The lowest BCUT2D eigenvalue weighted by Crippen LogP contribution is -1.85. The molecule has 86 valence electrons. The Kier molecular flexibility index (Phi) is 3.34. The Morgan fingerprint density at radius 2 is 1.82 bits per heavy atom. The predicted octanol–water partition coefficient (Wildman–Crippen LogP) is 5.83. The molecule has 0 nitrogen and oxygen atoms in total. The van der Waals surface area contributed by atoms with Crippen LogP contribution in [0.4, 0.5) is 0 Å². The van der Waals surface area contributed by atoms with Gasteiger partial charge in [0.25, 0.3) is 0 Å². The Labute approximate surface area is 132 Å². The van der Waals surface area contributed by atoms with Crippen LogP contribution in [0.25, 0.3) is 20.2 Å². The minimum Gasteiger partial charge on any atom is -0.135 e. The maximum absolute atomic E-state index is 2.45. The van der Waals surface area contributed by atoms with E-state index in [0.29, 0.717) is 0 Å². The molecule has 0 aliphatic rings. The quantitative estimate of drug-likeness (QED) is 0.398. The Hall–Kier alpha value is 0.120. The fraction of sp³-hybridized carbons (Fsp3) is 0.143. The second-order valence-corrected chi connectivity index (χ2v) is 7.46. The first-order chi connectivity index (χ1) is 8.20. The molecular weight excluding hydrogens is 454 g/mol. The van der Waals surface area contributed by atoms with Crippen LogP contribution >= 0.6 is 56.5 Å². The average molecular weight is 464 g/mol. The van der Waals surface area contributed by atoms with Crippen molar-refractivity contribution in [3.05, 3.63) is 43.0 Å². The van der Waals surface area contributed by atoms with Crippen molar-refractivity contribution in [2.75, 3.05) is 0 Å². The van der Waals surface area contributed by atoms with Crippen LogP contribution in [0, 0.1) is 7.14 Å². The largest absolute Gasteiger partial charge is 0.135 e. The van der Waals surface area contributed by atoms with Crippen LogP contribution in [0.15, 0.2) is 30.3 Å². The molecule has 0 unspecified atom stereocenters. The first kappa shape index (κ1) is 12.2. The Bertz CT molecular complexity index is 713. The number of halogens is 2. The third-order valence-electron chi connectivity index (χ3n) is 3.00. The number of aryl methyl sites for hydroxylation is 1. The van der Waals surface area contributed by atoms with E-state index in [1.165, 1.54) is 32.9 Å². The Morgan fingerprint density at radius 1 is 1.06 bits per heavy atom. The average Bonchev–Trinajstić information content (AvgIpc) is 2.66. The number of benzene rings is 2. The lowest BCUT2D eigenvalue weighted by atomic mass is 10.1. The Balaban J connectivity index is 2.50. The van der Waals surface area contributed by atoms with Gasteiger partial charge in [0.1, 0.15) is 0 Å². The smallest absolute Gasteiger partial charge is 0.0397 e. The van der Waals surface area contributed by atoms with Gasteiger partial charge in [0.05, 0.1) is 0 Å². The van der Waals surface area contributed by atoms with E-state index in [2.05, 4.69) is 82.4 Å². The minimum atomic E-state index is 1.11. The third-order valence-corrected chi connectivity index (χ3v) is 5.91. The topological polar surface area (TPSA) is 0 Å². The van der Waals surface area contributed by atoms with E-state index in [0.717, 1.165) is 6.42 Å². The van der Waals surface area contributed by atoms with E-state index in [-0.39, 0.29) is 0 Å². The molecule has 2 aromatic carbocycles. The molecule has 3 rings (SSSR count). The SMILES string of the molecule is CCc1c(I)ccc2c1sc1cc(I)ccc12. The van der Waals surface area contributed by atoms with Crippen molar-refractivity contribution in [2.45, 2.75) is 13.3 Å². The Morgan fingerprint density at radius 3 is 2.59 bits per heavy atom. The summed E-state index contributed by atoms with van der Waals surface area (Å²) in [5.74, 6) is 0.